The zero-order valence-electron chi connectivity index (χ0n) is 16.6. The summed E-state index contributed by atoms with van der Waals surface area (Å²) in [5, 5.41) is 7.72. The highest BCUT2D eigenvalue weighted by atomic mass is 16.5. The van der Waals surface area contributed by atoms with Gasteiger partial charge in [0.2, 0.25) is 11.8 Å². The molecule has 2 amide bonds. The average Bonchev–Trinajstić information content (AvgIpc) is 2.72. The second-order valence-electron chi connectivity index (χ2n) is 6.98. The van der Waals surface area contributed by atoms with Gasteiger partial charge in [-0.25, -0.2) is 4.98 Å². The molecule has 3 rings (SSSR count). The van der Waals surface area contributed by atoms with Crippen LogP contribution in [0.25, 0.3) is 10.8 Å². The van der Waals surface area contributed by atoms with Gasteiger partial charge in [-0.05, 0) is 42.8 Å². The smallest absolute Gasteiger partial charge is 0.251 e. The van der Waals surface area contributed by atoms with Crippen molar-refractivity contribution in [1.29, 1.82) is 0 Å². The number of amides is 2. The maximum atomic E-state index is 12.3. The molecule has 0 spiro atoms. The first-order valence-corrected chi connectivity index (χ1v) is 9.67. The van der Waals surface area contributed by atoms with Gasteiger partial charge >= 0.3 is 0 Å². The van der Waals surface area contributed by atoms with Gasteiger partial charge in [-0.2, -0.15) is 0 Å². The van der Waals surface area contributed by atoms with Crippen molar-refractivity contribution in [3.05, 3.63) is 71.9 Å². The number of nitrogens with one attached hydrogen (secondary N) is 2. The minimum absolute atomic E-state index is 0.00432. The van der Waals surface area contributed by atoms with Gasteiger partial charge < -0.3 is 15.4 Å². The molecule has 6 heteroatoms. The zero-order chi connectivity index (χ0) is 20.6. The van der Waals surface area contributed by atoms with E-state index in [0.29, 0.717) is 18.0 Å². The maximum Gasteiger partial charge on any atom is 0.251 e. The Morgan fingerprint density at radius 1 is 1.00 bits per heavy atom. The van der Waals surface area contributed by atoms with Crippen molar-refractivity contribution in [3.8, 4) is 5.88 Å². The Morgan fingerprint density at radius 3 is 2.59 bits per heavy atom. The molecule has 0 unspecified atom stereocenters. The Bertz CT molecular complexity index is 1000. The molecule has 0 atom stereocenters. The van der Waals surface area contributed by atoms with E-state index in [1.165, 1.54) is 0 Å². The summed E-state index contributed by atoms with van der Waals surface area (Å²) in [5.41, 5.74) is 1.39. The fourth-order valence-corrected chi connectivity index (χ4v) is 2.89. The van der Waals surface area contributed by atoms with E-state index in [1.807, 2.05) is 56.3 Å². The van der Waals surface area contributed by atoms with E-state index in [0.717, 1.165) is 16.3 Å². The topological polar surface area (TPSA) is 80.3 Å². The SMILES string of the molecule is CC(C)Oc1ncccc1CNC(=O)CCNC(=O)c1ccc2ccccc2c1. The standard InChI is InChI=1S/C23H25N3O3/c1-16(2)29-23-20(8-5-12-25-23)15-26-21(27)11-13-24-22(28)19-10-9-17-6-3-4-7-18(17)14-19/h3-10,12,14,16H,11,13,15H2,1-2H3,(H,24,28)(H,26,27). The predicted molar refractivity (Wildman–Crippen MR) is 113 cm³/mol. The van der Waals surface area contributed by atoms with Gasteiger partial charge in [0.25, 0.3) is 5.91 Å². The predicted octanol–water partition coefficient (Wildman–Crippen LogP) is 3.46. The minimum atomic E-state index is -0.191. The third kappa shape index (κ3) is 5.78. The summed E-state index contributed by atoms with van der Waals surface area (Å²) < 4.78 is 5.65. The largest absolute Gasteiger partial charge is 0.475 e. The molecule has 6 nitrogen and oxygen atoms in total. The van der Waals surface area contributed by atoms with Gasteiger partial charge in [0.1, 0.15) is 0 Å². The Labute approximate surface area is 170 Å². The Kier molecular flexibility index (Phi) is 6.79. The van der Waals surface area contributed by atoms with Crippen LogP contribution in [0.15, 0.2) is 60.8 Å². The Morgan fingerprint density at radius 2 is 1.79 bits per heavy atom. The van der Waals surface area contributed by atoms with Crippen LogP contribution in [0.4, 0.5) is 0 Å². The summed E-state index contributed by atoms with van der Waals surface area (Å²) in [7, 11) is 0. The third-order valence-corrected chi connectivity index (χ3v) is 4.32. The summed E-state index contributed by atoms with van der Waals surface area (Å²) in [6, 6.07) is 17.1. The number of hydrogen-bond acceptors (Lipinski definition) is 4. The van der Waals surface area contributed by atoms with Crippen molar-refractivity contribution >= 4 is 22.6 Å². The molecule has 150 valence electrons. The van der Waals surface area contributed by atoms with Crippen LogP contribution in [0, 0.1) is 0 Å². The van der Waals surface area contributed by atoms with Gasteiger partial charge in [-0.3, -0.25) is 9.59 Å². The molecular weight excluding hydrogens is 366 g/mol. The number of carbonyl (C=O) groups excluding carboxylic acids is 2. The molecule has 2 N–H and O–H groups in total. The maximum absolute atomic E-state index is 12.3. The van der Waals surface area contributed by atoms with E-state index < -0.39 is 0 Å². The van der Waals surface area contributed by atoms with Crippen molar-refractivity contribution in [2.45, 2.75) is 32.9 Å². The van der Waals surface area contributed by atoms with Crippen LogP contribution in [0.1, 0.15) is 36.2 Å². The van der Waals surface area contributed by atoms with Crippen molar-refractivity contribution < 1.29 is 14.3 Å². The summed E-state index contributed by atoms with van der Waals surface area (Å²) in [4.78, 5) is 28.7. The van der Waals surface area contributed by atoms with E-state index in [-0.39, 0.29) is 30.9 Å². The molecule has 3 aromatic rings. The lowest BCUT2D eigenvalue weighted by Gasteiger charge is -2.13. The lowest BCUT2D eigenvalue weighted by molar-refractivity contribution is -0.121. The van der Waals surface area contributed by atoms with E-state index >= 15 is 0 Å². The second kappa shape index (κ2) is 9.68. The fraction of sp³-hybridized carbons (Fsp3) is 0.261. The number of aromatic nitrogens is 1. The van der Waals surface area contributed by atoms with E-state index in [2.05, 4.69) is 15.6 Å². The third-order valence-electron chi connectivity index (χ3n) is 4.32. The number of nitrogens with zero attached hydrogens (tertiary/aromatic N) is 1. The van der Waals surface area contributed by atoms with Crippen LogP contribution in [0.2, 0.25) is 0 Å². The number of hydrogen-bond donors (Lipinski definition) is 2. The summed E-state index contributed by atoms with van der Waals surface area (Å²) in [6.07, 6.45) is 1.86. The van der Waals surface area contributed by atoms with Crippen LogP contribution < -0.4 is 15.4 Å². The van der Waals surface area contributed by atoms with E-state index in [1.54, 1.807) is 18.3 Å². The molecule has 2 aromatic carbocycles. The number of ether oxygens (including phenoxy) is 1. The molecular formula is C23H25N3O3. The molecule has 1 heterocycles. The van der Waals surface area contributed by atoms with Gasteiger partial charge in [-0.1, -0.05) is 36.4 Å². The van der Waals surface area contributed by atoms with E-state index in [9.17, 15) is 9.59 Å². The fourth-order valence-electron chi connectivity index (χ4n) is 2.89. The van der Waals surface area contributed by atoms with Crippen molar-refractivity contribution in [1.82, 2.24) is 15.6 Å². The number of pyridine rings is 1. The molecule has 0 radical (unpaired) electrons. The van der Waals surface area contributed by atoms with Crippen molar-refractivity contribution in [2.75, 3.05) is 6.54 Å². The molecule has 0 saturated heterocycles. The summed E-state index contributed by atoms with van der Waals surface area (Å²) in [5.74, 6) is 0.180. The van der Waals surface area contributed by atoms with Crippen LogP contribution in [-0.2, 0) is 11.3 Å². The highest BCUT2D eigenvalue weighted by Crippen LogP contribution is 2.16. The minimum Gasteiger partial charge on any atom is -0.475 e. The van der Waals surface area contributed by atoms with Gasteiger partial charge in [0.05, 0.1) is 6.10 Å². The van der Waals surface area contributed by atoms with Crippen molar-refractivity contribution in [2.24, 2.45) is 0 Å². The van der Waals surface area contributed by atoms with Crippen LogP contribution in [-0.4, -0.2) is 29.4 Å². The molecule has 0 aliphatic heterocycles. The number of benzene rings is 2. The first-order valence-electron chi connectivity index (χ1n) is 9.67. The number of rotatable bonds is 8. The van der Waals surface area contributed by atoms with Crippen LogP contribution >= 0.6 is 0 Å². The van der Waals surface area contributed by atoms with Crippen LogP contribution in [0.3, 0.4) is 0 Å². The van der Waals surface area contributed by atoms with Gasteiger partial charge in [-0.15, -0.1) is 0 Å². The molecule has 0 saturated carbocycles. The number of carbonyl (C=O) groups is 2. The Balaban J connectivity index is 1.46. The van der Waals surface area contributed by atoms with Gasteiger partial charge in [0, 0.05) is 36.8 Å². The zero-order valence-corrected chi connectivity index (χ0v) is 16.6. The molecule has 0 aliphatic rings. The molecule has 0 fully saturated rings. The average molecular weight is 391 g/mol. The monoisotopic (exact) mass is 391 g/mol. The number of fused-ring (bicyclic) bond motifs is 1. The molecule has 0 bridgehead atoms. The molecule has 0 aliphatic carbocycles. The molecule has 29 heavy (non-hydrogen) atoms. The first-order chi connectivity index (χ1) is 14.0. The van der Waals surface area contributed by atoms with Crippen LogP contribution in [0.5, 0.6) is 5.88 Å². The summed E-state index contributed by atoms with van der Waals surface area (Å²) >= 11 is 0. The van der Waals surface area contributed by atoms with Gasteiger partial charge in [0.15, 0.2) is 0 Å². The first kappa shape index (κ1) is 20.3. The summed E-state index contributed by atoms with van der Waals surface area (Å²) in [6.45, 7) is 4.44. The normalized spacial score (nSPS) is 10.7. The lowest BCUT2D eigenvalue weighted by atomic mass is 10.1. The highest BCUT2D eigenvalue weighted by molar-refractivity contribution is 5.98. The lowest BCUT2D eigenvalue weighted by Crippen LogP contribution is -2.30. The van der Waals surface area contributed by atoms with E-state index in [4.69, 9.17) is 4.74 Å². The highest BCUT2D eigenvalue weighted by Gasteiger charge is 2.10. The quantitative estimate of drug-likeness (QED) is 0.616. The second-order valence-corrected chi connectivity index (χ2v) is 6.98. The van der Waals surface area contributed by atoms with Crippen molar-refractivity contribution in [3.63, 3.8) is 0 Å². The molecule has 1 aromatic heterocycles. The Hall–Kier alpha value is -3.41.